The second kappa shape index (κ2) is 5.11. The molecule has 2 N–H and O–H groups in total. The van der Waals surface area contributed by atoms with Gasteiger partial charge in [-0.1, -0.05) is 0 Å². The standard InChI is InChI=1S/C14H19N5O/c1-9-11(10(2)18-17-9)7-14(20)16-13-8-15-12-5-3-4-6-19(12)13/h8H,3-7H2,1-2H3,(H,16,20)(H,17,18). The molecule has 3 heterocycles. The van der Waals surface area contributed by atoms with Crippen LogP contribution >= 0.6 is 0 Å². The van der Waals surface area contributed by atoms with Crippen molar-refractivity contribution in [2.24, 2.45) is 0 Å². The molecule has 20 heavy (non-hydrogen) atoms. The van der Waals surface area contributed by atoms with Gasteiger partial charge in [-0.05, 0) is 26.7 Å². The Balaban J connectivity index is 1.72. The van der Waals surface area contributed by atoms with Crippen LogP contribution in [0.1, 0.15) is 35.6 Å². The van der Waals surface area contributed by atoms with Crippen molar-refractivity contribution >= 4 is 11.7 Å². The molecule has 1 aliphatic rings. The maximum absolute atomic E-state index is 12.2. The Morgan fingerprint density at radius 3 is 3.05 bits per heavy atom. The van der Waals surface area contributed by atoms with Gasteiger partial charge in [-0.25, -0.2) is 4.98 Å². The van der Waals surface area contributed by atoms with Crippen molar-refractivity contribution in [1.82, 2.24) is 19.7 Å². The molecular weight excluding hydrogens is 254 g/mol. The molecule has 0 aliphatic carbocycles. The van der Waals surface area contributed by atoms with E-state index >= 15 is 0 Å². The minimum atomic E-state index is -0.0223. The van der Waals surface area contributed by atoms with Gasteiger partial charge in [0.05, 0.1) is 18.3 Å². The highest BCUT2D eigenvalue weighted by molar-refractivity contribution is 5.91. The van der Waals surface area contributed by atoms with E-state index in [1.165, 1.54) is 6.42 Å². The Bertz CT molecular complexity index is 621. The van der Waals surface area contributed by atoms with E-state index in [1.54, 1.807) is 6.20 Å². The molecule has 6 nitrogen and oxygen atoms in total. The Morgan fingerprint density at radius 1 is 1.45 bits per heavy atom. The van der Waals surface area contributed by atoms with Gasteiger partial charge in [0.15, 0.2) is 0 Å². The van der Waals surface area contributed by atoms with Crippen LogP contribution in [0.2, 0.25) is 0 Å². The summed E-state index contributed by atoms with van der Waals surface area (Å²) in [7, 11) is 0. The molecule has 0 aromatic carbocycles. The fraction of sp³-hybridized carbons (Fsp3) is 0.500. The number of aromatic nitrogens is 4. The summed E-state index contributed by atoms with van der Waals surface area (Å²) >= 11 is 0. The molecule has 0 unspecified atom stereocenters. The molecule has 0 spiro atoms. The van der Waals surface area contributed by atoms with E-state index in [0.717, 1.165) is 48.0 Å². The molecule has 0 saturated heterocycles. The van der Waals surface area contributed by atoms with Crippen molar-refractivity contribution in [3.8, 4) is 0 Å². The first-order chi connectivity index (χ1) is 9.65. The van der Waals surface area contributed by atoms with E-state index < -0.39 is 0 Å². The van der Waals surface area contributed by atoms with Crippen LogP contribution < -0.4 is 5.32 Å². The quantitative estimate of drug-likeness (QED) is 0.894. The van der Waals surface area contributed by atoms with Gasteiger partial charge in [-0.15, -0.1) is 0 Å². The summed E-state index contributed by atoms with van der Waals surface area (Å²) in [6.45, 7) is 4.78. The molecular formula is C14H19N5O. The molecule has 1 amide bonds. The van der Waals surface area contributed by atoms with Gasteiger partial charge in [0.1, 0.15) is 11.6 Å². The third-order valence-electron chi connectivity index (χ3n) is 3.86. The summed E-state index contributed by atoms with van der Waals surface area (Å²) in [6, 6.07) is 0. The van der Waals surface area contributed by atoms with Crippen LogP contribution in [-0.4, -0.2) is 25.7 Å². The Hall–Kier alpha value is -2.11. The van der Waals surface area contributed by atoms with Gasteiger partial charge < -0.3 is 9.88 Å². The van der Waals surface area contributed by atoms with Crippen molar-refractivity contribution in [2.75, 3.05) is 5.32 Å². The van der Waals surface area contributed by atoms with E-state index in [1.807, 2.05) is 13.8 Å². The number of carbonyl (C=O) groups is 1. The molecule has 3 rings (SSSR count). The van der Waals surface area contributed by atoms with Gasteiger partial charge in [0, 0.05) is 24.2 Å². The Labute approximate surface area is 117 Å². The molecule has 2 aromatic rings. The number of H-pyrrole nitrogens is 1. The zero-order valence-electron chi connectivity index (χ0n) is 11.9. The highest BCUT2D eigenvalue weighted by Crippen LogP contribution is 2.20. The number of anilines is 1. The second-order valence-corrected chi connectivity index (χ2v) is 5.31. The van der Waals surface area contributed by atoms with Crippen LogP contribution in [-0.2, 0) is 24.2 Å². The summed E-state index contributed by atoms with van der Waals surface area (Å²) in [4.78, 5) is 16.5. The monoisotopic (exact) mass is 273 g/mol. The molecule has 0 radical (unpaired) electrons. The largest absolute Gasteiger partial charge is 0.315 e. The van der Waals surface area contributed by atoms with Crippen molar-refractivity contribution in [1.29, 1.82) is 0 Å². The number of imidazole rings is 1. The molecule has 0 atom stereocenters. The number of nitrogens with zero attached hydrogens (tertiary/aromatic N) is 3. The average molecular weight is 273 g/mol. The lowest BCUT2D eigenvalue weighted by molar-refractivity contribution is -0.115. The first-order valence-electron chi connectivity index (χ1n) is 7.00. The average Bonchev–Trinajstić information content (AvgIpc) is 2.98. The highest BCUT2D eigenvalue weighted by Gasteiger charge is 2.17. The van der Waals surface area contributed by atoms with Gasteiger partial charge >= 0.3 is 0 Å². The number of aryl methyl sites for hydroxylation is 3. The van der Waals surface area contributed by atoms with Gasteiger partial charge in [0.2, 0.25) is 5.91 Å². The maximum atomic E-state index is 12.2. The molecule has 2 aromatic heterocycles. The number of nitrogens with one attached hydrogen (secondary N) is 2. The number of carbonyl (C=O) groups excluding carboxylic acids is 1. The minimum Gasteiger partial charge on any atom is -0.315 e. The van der Waals surface area contributed by atoms with Crippen LogP contribution in [0.4, 0.5) is 5.82 Å². The van der Waals surface area contributed by atoms with E-state index in [4.69, 9.17) is 0 Å². The predicted octanol–water partition coefficient (Wildman–Crippen LogP) is 1.74. The fourth-order valence-electron chi connectivity index (χ4n) is 2.70. The summed E-state index contributed by atoms with van der Waals surface area (Å²) in [5.74, 6) is 1.86. The first-order valence-corrected chi connectivity index (χ1v) is 7.00. The van der Waals surface area contributed by atoms with E-state index in [9.17, 15) is 4.79 Å². The molecule has 1 aliphatic heterocycles. The van der Waals surface area contributed by atoms with E-state index in [-0.39, 0.29) is 5.91 Å². The van der Waals surface area contributed by atoms with Crippen molar-refractivity contribution in [3.63, 3.8) is 0 Å². The summed E-state index contributed by atoms with van der Waals surface area (Å²) in [6.07, 6.45) is 5.42. The number of fused-ring (bicyclic) bond motifs is 1. The first kappa shape index (κ1) is 12.9. The van der Waals surface area contributed by atoms with Crippen LogP contribution in [0.5, 0.6) is 0 Å². The SMILES string of the molecule is Cc1n[nH]c(C)c1CC(=O)Nc1cnc2n1CCCC2. The lowest BCUT2D eigenvalue weighted by Gasteiger charge is -2.16. The molecule has 0 fully saturated rings. The summed E-state index contributed by atoms with van der Waals surface area (Å²) < 4.78 is 2.11. The summed E-state index contributed by atoms with van der Waals surface area (Å²) in [5.41, 5.74) is 2.81. The molecule has 0 saturated carbocycles. The summed E-state index contributed by atoms with van der Waals surface area (Å²) in [5, 5.41) is 9.98. The van der Waals surface area contributed by atoms with Crippen LogP contribution in [0, 0.1) is 13.8 Å². The molecule has 6 heteroatoms. The number of hydrogen-bond acceptors (Lipinski definition) is 3. The lowest BCUT2D eigenvalue weighted by atomic mass is 10.1. The second-order valence-electron chi connectivity index (χ2n) is 5.31. The zero-order valence-corrected chi connectivity index (χ0v) is 11.9. The lowest BCUT2D eigenvalue weighted by Crippen LogP contribution is -2.20. The zero-order chi connectivity index (χ0) is 14.1. The Morgan fingerprint density at radius 2 is 2.30 bits per heavy atom. The van der Waals surface area contributed by atoms with Crippen LogP contribution in [0.25, 0.3) is 0 Å². The minimum absolute atomic E-state index is 0.0223. The van der Waals surface area contributed by atoms with Crippen LogP contribution in [0.15, 0.2) is 6.20 Å². The normalized spacial score (nSPS) is 14.1. The number of aromatic amines is 1. The topological polar surface area (TPSA) is 75.6 Å². The van der Waals surface area contributed by atoms with Gasteiger partial charge in [-0.2, -0.15) is 5.10 Å². The number of amides is 1. The van der Waals surface area contributed by atoms with E-state index in [0.29, 0.717) is 6.42 Å². The maximum Gasteiger partial charge on any atom is 0.230 e. The van der Waals surface area contributed by atoms with E-state index in [2.05, 4.69) is 25.1 Å². The smallest absolute Gasteiger partial charge is 0.230 e. The molecule has 106 valence electrons. The molecule has 0 bridgehead atoms. The van der Waals surface area contributed by atoms with Gasteiger partial charge in [-0.3, -0.25) is 9.89 Å². The third kappa shape index (κ3) is 2.33. The number of hydrogen-bond donors (Lipinski definition) is 2. The van der Waals surface area contributed by atoms with Crippen molar-refractivity contribution < 1.29 is 4.79 Å². The van der Waals surface area contributed by atoms with Crippen molar-refractivity contribution in [3.05, 3.63) is 29.0 Å². The van der Waals surface area contributed by atoms with Crippen LogP contribution in [0.3, 0.4) is 0 Å². The third-order valence-corrected chi connectivity index (χ3v) is 3.86. The number of rotatable bonds is 3. The fourth-order valence-corrected chi connectivity index (χ4v) is 2.70. The highest BCUT2D eigenvalue weighted by atomic mass is 16.1. The van der Waals surface area contributed by atoms with Crippen molar-refractivity contribution in [2.45, 2.75) is 46.1 Å². The predicted molar refractivity (Wildman–Crippen MR) is 75.6 cm³/mol. The van der Waals surface area contributed by atoms with Gasteiger partial charge in [0.25, 0.3) is 0 Å². The Kier molecular flexibility index (Phi) is 3.30.